The lowest BCUT2D eigenvalue weighted by Gasteiger charge is -2.14. The first kappa shape index (κ1) is 50.2. The zero-order valence-corrected chi connectivity index (χ0v) is 40.6. The van der Waals surface area contributed by atoms with Crippen LogP contribution >= 0.6 is 0 Å². The highest BCUT2D eigenvalue weighted by molar-refractivity contribution is 5.97. The summed E-state index contributed by atoms with van der Waals surface area (Å²) in [6.45, 7) is 0. The minimum absolute atomic E-state index is 0.121. The Morgan fingerprint density at radius 1 is 0.240 bits per heavy atom. The third kappa shape index (κ3) is 12.3. The maximum absolute atomic E-state index is 10.8. The molecule has 0 radical (unpaired) electrons. The molecule has 11 rings (SSSR count). The highest BCUT2D eigenvalue weighted by Gasteiger charge is 2.16. The average molecular weight is 995 g/mol. The Morgan fingerprint density at radius 2 is 0.640 bits per heavy atom. The molecule has 10 heteroatoms. The smallest absolute Gasteiger partial charge is 0.127 e. The van der Waals surface area contributed by atoms with Gasteiger partial charge in [-0.15, -0.1) is 0 Å². The zero-order chi connectivity index (χ0) is 52.6. The SMILES string of the molecule is Oc1ccc(Cc2cc(O)c3c(Cc4ccc(O)cc4)cccc3c2O)cc1.Oc1ccc(Cc2ccc3c(Cc4ccc(O)cc4)c(O)ccc3c2)cc1.Oc1ccc(Cc2ccc3c(O)ccc(O)c3c2)cc1. The van der Waals surface area contributed by atoms with Crippen LogP contribution in [0.15, 0.2) is 206 Å². The van der Waals surface area contributed by atoms with Crippen LogP contribution in [0.3, 0.4) is 0 Å². The van der Waals surface area contributed by atoms with Gasteiger partial charge >= 0.3 is 0 Å². The molecule has 0 aliphatic carbocycles. The predicted molar refractivity (Wildman–Crippen MR) is 295 cm³/mol. The van der Waals surface area contributed by atoms with Gasteiger partial charge in [0.2, 0.25) is 0 Å². The zero-order valence-electron chi connectivity index (χ0n) is 40.6. The van der Waals surface area contributed by atoms with E-state index in [-0.39, 0.29) is 57.5 Å². The summed E-state index contributed by atoms with van der Waals surface area (Å²) in [6.07, 6.45) is 3.09. The van der Waals surface area contributed by atoms with Gasteiger partial charge in [-0.25, -0.2) is 0 Å². The first-order chi connectivity index (χ1) is 36.2. The standard InChI is InChI=1S/C24H20O4.C24H20O3.C17H14O3/c25-19-8-4-15(5-9-19)12-17-2-1-3-21-23(17)22(27)14-18(24(21)28)13-16-6-10-20(26)11-7-16;25-20-7-1-16(2-8-20)13-18-5-11-22-19(14-18)6-12-24(27)23(22)15-17-3-9-21(26)10-4-17;18-13-4-1-11(2-5-13)9-12-3-6-14-15(10-12)17(20)8-7-16(14)19/h1-11,14,25-28H,12-13H2;1-12,14,25-27H,13,15H2;1-8,10,18-20H,9H2. The van der Waals surface area contributed by atoms with E-state index in [9.17, 15) is 51.1 Å². The number of hydrogen-bond donors (Lipinski definition) is 10. The van der Waals surface area contributed by atoms with E-state index in [1.165, 1.54) is 17.7 Å². The fraction of sp³-hybridized carbons (Fsp3) is 0.0769. The average Bonchev–Trinajstić information content (AvgIpc) is 3.41. The molecule has 0 heterocycles. The van der Waals surface area contributed by atoms with E-state index in [1.807, 2.05) is 78.9 Å². The molecule has 0 unspecified atom stereocenters. The first-order valence-electron chi connectivity index (χ1n) is 24.2. The number of phenolic OH excluding ortho intramolecular Hbond substituents is 10. The predicted octanol–water partition coefficient (Wildman–Crippen LogP) is 13.5. The fourth-order valence-electron chi connectivity index (χ4n) is 9.25. The van der Waals surface area contributed by atoms with Crippen LogP contribution in [0.2, 0.25) is 0 Å². The molecule has 0 saturated heterocycles. The van der Waals surface area contributed by atoms with E-state index in [2.05, 4.69) is 18.2 Å². The third-order valence-electron chi connectivity index (χ3n) is 13.2. The van der Waals surface area contributed by atoms with Crippen molar-refractivity contribution in [1.29, 1.82) is 0 Å². The molecular weight excluding hydrogens is 941 g/mol. The lowest BCUT2D eigenvalue weighted by molar-refractivity contribution is 0.464. The highest BCUT2D eigenvalue weighted by Crippen LogP contribution is 2.40. The minimum Gasteiger partial charge on any atom is -0.508 e. The van der Waals surface area contributed by atoms with E-state index in [0.29, 0.717) is 52.8 Å². The second-order valence-corrected chi connectivity index (χ2v) is 18.6. The summed E-state index contributed by atoms with van der Waals surface area (Å²) in [4.78, 5) is 0. The maximum atomic E-state index is 10.8. The molecule has 0 aliphatic heterocycles. The Hall–Kier alpha value is -9.80. The van der Waals surface area contributed by atoms with Crippen LogP contribution in [0.1, 0.15) is 55.6 Å². The van der Waals surface area contributed by atoms with Crippen molar-refractivity contribution in [3.63, 3.8) is 0 Å². The van der Waals surface area contributed by atoms with Crippen LogP contribution in [0.5, 0.6) is 57.5 Å². The Morgan fingerprint density at radius 3 is 1.15 bits per heavy atom. The summed E-state index contributed by atoms with van der Waals surface area (Å²) in [6, 6.07) is 60.8. The van der Waals surface area contributed by atoms with Crippen molar-refractivity contribution in [3.8, 4) is 57.5 Å². The topological polar surface area (TPSA) is 202 Å². The van der Waals surface area contributed by atoms with Gasteiger partial charge in [-0.3, -0.25) is 0 Å². The number of aromatic hydroxyl groups is 10. The maximum Gasteiger partial charge on any atom is 0.127 e. The lowest BCUT2D eigenvalue weighted by atomic mass is 9.93. The Kier molecular flexibility index (Phi) is 14.9. The van der Waals surface area contributed by atoms with Crippen molar-refractivity contribution in [1.82, 2.24) is 0 Å². The normalized spacial score (nSPS) is 10.9. The van der Waals surface area contributed by atoms with E-state index >= 15 is 0 Å². The van der Waals surface area contributed by atoms with Gasteiger partial charge in [0, 0.05) is 45.5 Å². The lowest BCUT2D eigenvalue weighted by Crippen LogP contribution is -1.94. The summed E-state index contributed by atoms with van der Waals surface area (Å²) in [5.41, 5.74) is 9.77. The summed E-state index contributed by atoms with van der Waals surface area (Å²) in [7, 11) is 0. The monoisotopic (exact) mass is 994 g/mol. The number of phenols is 10. The molecule has 0 aromatic heterocycles. The molecule has 0 bridgehead atoms. The minimum atomic E-state index is 0.121. The van der Waals surface area contributed by atoms with Gasteiger partial charge in [0.05, 0.1) is 0 Å². The van der Waals surface area contributed by atoms with Crippen LogP contribution in [0, 0.1) is 0 Å². The highest BCUT2D eigenvalue weighted by atomic mass is 16.3. The van der Waals surface area contributed by atoms with E-state index in [0.717, 1.165) is 61.7 Å². The van der Waals surface area contributed by atoms with Crippen molar-refractivity contribution in [2.45, 2.75) is 32.1 Å². The summed E-state index contributed by atoms with van der Waals surface area (Å²) < 4.78 is 0. The van der Waals surface area contributed by atoms with Crippen molar-refractivity contribution in [2.75, 3.05) is 0 Å². The largest absolute Gasteiger partial charge is 0.508 e. The van der Waals surface area contributed by atoms with Crippen molar-refractivity contribution in [3.05, 3.63) is 262 Å². The molecule has 75 heavy (non-hydrogen) atoms. The van der Waals surface area contributed by atoms with Gasteiger partial charge in [-0.05, 0) is 166 Å². The molecule has 0 fully saturated rings. The number of rotatable bonds is 10. The number of benzene rings is 11. The molecule has 0 spiro atoms. The van der Waals surface area contributed by atoms with Crippen LogP contribution in [-0.2, 0) is 32.1 Å². The molecule has 0 amide bonds. The van der Waals surface area contributed by atoms with Crippen molar-refractivity contribution < 1.29 is 51.1 Å². The van der Waals surface area contributed by atoms with E-state index in [1.54, 1.807) is 97.1 Å². The van der Waals surface area contributed by atoms with Crippen LogP contribution < -0.4 is 0 Å². The fourth-order valence-corrected chi connectivity index (χ4v) is 9.25. The molecule has 0 aliphatic rings. The van der Waals surface area contributed by atoms with Crippen LogP contribution in [0.4, 0.5) is 0 Å². The second-order valence-electron chi connectivity index (χ2n) is 18.6. The molecule has 10 N–H and O–H groups in total. The van der Waals surface area contributed by atoms with Gasteiger partial charge in [-0.1, -0.05) is 115 Å². The van der Waals surface area contributed by atoms with Gasteiger partial charge in [-0.2, -0.15) is 0 Å². The second kappa shape index (κ2) is 22.3. The van der Waals surface area contributed by atoms with E-state index in [4.69, 9.17) is 0 Å². The van der Waals surface area contributed by atoms with Gasteiger partial charge in [0.15, 0.2) is 0 Å². The molecule has 10 nitrogen and oxygen atoms in total. The molecule has 11 aromatic carbocycles. The molecular formula is C65H54O10. The molecule has 11 aromatic rings. The van der Waals surface area contributed by atoms with Crippen molar-refractivity contribution in [2.24, 2.45) is 0 Å². The summed E-state index contributed by atoms with van der Waals surface area (Å²) >= 11 is 0. The Balaban J connectivity index is 0.000000140. The quantitative estimate of drug-likeness (QED) is 0.0588. The Labute approximate surface area is 433 Å². The molecule has 374 valence electrons. The van der Waals surface area contributed by atoms with Crippen molar-refractivity contribution >= 4 is 32.3 Å². The van der Waals surface area contributed by atoms with Crippen LogP contribution in [-0.4, -0.2) is 51.1 Å². The van der Waals surface area contributed by atoms with Gasteiger partial charge in [0.25, 0.3) is 0 Å². The van der Waals surface area contributed by atoms with Crippen LogP contribution in [0.25, 0.3) is 32.3 Å². The van der Waals surface area contributed by atoms with Gasteiger partial charge in [0.1, 0.15) is 57.5 Å². The summed E-state index contributed by atoms with van der Waals surface area (Å²) in [5, 5.41) is 103. The van der Waals surface area contributed by atoms with E-state index < -0.39 is 0 Å². The first-order valence-corrected chi connectivity index (χ1v) is 24.2. The number of fused-ring (bicyclic) bond motifs is 3. The number of hydrogen-bond acceptors (Lipinski definition) is 10. The molecule has 0 saturated carbocycles. The molecule has 0 atom stereocenters. The Bertz CT molecular complexity index is 3760. The third-order valence-corrected chi connectivity index (χ3v) is 13.2. The summed E-state index contributed by atoms with van der Waals surface area (Å²) in [5.74, 6) is 2.01. The van der Waals surface area contributed by atoms with Gasteiger partial charge < -0.3 is 51.1 Å².